The molecule has 7 heteroatoms. The molecule has 0 spiro atoms. The van der Waals surface area contributed by atoms with E-state index in [0.29, 0.717) is 16.2 Å². The molecule has 10 rings (SSSR count). The van der Waals surface area contributed by atoms with E-state index in [0.717, 1.165) is 59.8 Å². The Morgan fingerprint density at radius 2 is 1.20 bits per heavy atom. The first-order valence-corrected chi connectivity index (χ1v) is 17.5. The summed E-state index contributed by atoms with van der Waals surface area (Å²) in [5.74, 6) is 0.538. The highest BCUT2D eigenvalue weighted by Crippen LogP contribution is 2.45. The van der Waals surface area contributed by atoms with Gasteiger partial charge in [-0.05, 0) is 52.2 Å². The average molecular weight is 675 g/mol. The minimum Gasteiger partial charge on any atom is -0.278 e. The minimum absolute atomic E-state index is 0.133. The van der Waals surface area contributed by atoms with E-state index >= 15 is 0 Å². The highest BCUT2D eigenvalue weighted by Gasteiger charge is 2.25. The van der Waals surface area contributed by atoms with Crippen LogP contribution < -0.4 is 0 Å². The lowest BCUT2D eigenvalue weighted by molar-refractivity contribution is -0.382. The summed E-state index contributed by atoms with van der Waals surface area (Å²) in [6, 6.07) is 53.4. The molecule has 0 fully saturated rings. The van der Waals surface area contributed by atoms with Crippen molar-refractivity contribution in [1.82, 2.24) is 14.5 Å². The number of nitro groups is 1. The van der Waals surface area contributed by atoms with E-state index < -0.39 is 0 Å². The van der Waals surface area contributed by atoms with E-state index in [1.807, 2.05) is 66.7 Å². The fourth-order valence-electron chi connectivity index (χ4n) is 7.41. The lowest BCUT2D eigenvalue weighted by atomic mass is 9.96. The maximum Gasteiger partial charge on any atom is 0.295 e. The first-order valence-electron chi connectivity index (χ1n) is 16.7. The van der Waals surface area contributed by atoms with Crippen LogP contribution in [0.15, 0.2) is 158 Å². The Labute approximate surface area is 295 Å². The van der Waals surface area contributed by atoms with Gasteiger partial charge in [-0.25, -0.2) is 9.97 Å². The molecule has 3 aromatic heterocycles. The van der Waals surface area contributed by atoms with E-state index in [4.69, 9.17) is 9.97 Å². The van der Waals surface area contributed by atoms with E-state index in [1.165, 1.54) is 27.7 Å². The van der Waals surface area contributed by atoms with Crippen LogP contribution in [-0.2, 0) is 0 Å². The fraction of sp³-hybridized carbons (Fsp3) is 0. The molecular formula is C44H26N4O2S. The van der Waals surface area contributed by atoms with Crippen LogP contribution in [0.2, 0.25) is 0 Å². The maximum absolute atomic E-state index is 12.4. The molecule has 0 aliphatic carbocycles. The number of fused-ring (bicyclic) bond motifs is 6. The molecule has 0 N–H and O–H groups in total. The second-order valence-electron chi connectivity index (χ2n) is 12.6. The van der Waals surface area contributed by atoms with Gasteiger partial charge < -0.3 is 0 Å². The topological polar surface area (TPSA) is 73.8 Å². The zero-order chi connectivity index (χ0) is 34.1. The third-order valence-corrected chi connectivity index (χ3v) is 10.9. The highest BCUT2D eigenvalue weighted by atomic mass is 32.1. The standard InChI is InChI=1S/C44H26N4O2S/c49-48(50)42-36-15-5-8-19-40(36)51-43(42)30-24-25-34-33-13-4-7-18-38(33)47(39(34)26-30)44-45-37-17-6-3-14-35(37)41(46-44)29-22-20-28(21-23-29)32-16-9-11-27-10-1-2-12-31(27)32/h1-26H. The molecule has 0 aliphatic rings. The van der Waals surface area contributed by atoms with Crippen LogP contribution in [0.5, 0.6) is 0 Å². The molecule has 0 unspecified atom stereocenters. The molecule has 7 aromatic carbocycles. The van der Waals surface area contributed by atoms with Crippen molar-refractivity contribution >= 4 is 70.6 Å². The largest absolute Gasteiger partial charge is 0.295 e. The average Bonchev–Trinajstić information content (AvgIpc) is 3.74. The van der Waals surface area contributed by atoms with Gasteiger partial charge in [0.2, 0.25) is 5.95 Å². The molecular weight excluding hydrogens is 649 g/mol. The molecule has 10 aromatic rings. The Bertz CT molecular complexity index is 3010. The van der Waals surface area contributed by atoms with Gasteiger partial charge in [0, 0.05) is 32.0 Å². The number of para-hydroxylation sites is 2. The lowest BCUT2D eigenvalue weighted by Crippen LogP contribution is -2.03. The first kappa shape index (κ1) is 29.2. The number of hydrogen-bond acceptors (Lipinski definition) is 5. The van der Waals surface area contributed by atoms with Crippen molar-refractivity contribution in [2.24, 2.45) is 0 Å². The van der Waals surface area contributed by atoms with Crippen molar-refractivity contribution in [3.05, 3.63) is 168 Å². The SMILES string of the molecule is O=[N+]([O-])c1c(-c2ccc3c4ccccc4n(-c4nc(-c5ccc(-c6cccc7ccccc67)cc5)c5ccccc5n4)c3c2)sc2ccccc12. The van der Waals surface area contributed by atoms with Crippen LogP contribution in [0.1, 0.15) is 0 Å². The summed E-state index contributed by atoms with van der Waals surface area (Å²) in [5.41, 5.74) is 7.74. The summed E-state index contributed by atoms with van der Waals surface area (Å²) in [4.78, 5) is 23.2. The highest BCUT2D eigenvalue weighted by molar-refractivity contribution is 7.23. The Balaban J connectivity index is 1.18. The maximum atomic E-state index is 12.4. The van der Waals surface area contributed by atoms with Crippen molar-refractivity contribution in [2.45, 2.75) is 0 Å². The monoisotopic (exact) mass is 674 g/mol. The number of aromatic nitrogens is 3. The summed E-state index contributed by atoms with van der Waals surface area (Å²) < 4.78 is 2.97. The van der Waals surface area contributed by atoms with Gasteiger partial charge >= 0.3 is 0 Å². The van der Waals surface area contributed by atoms with Gasteiger partial charge in [-0.2, -0.15) is 0 Å². The predicted octanol–water partition coefficient (Wildman–Crippen LogP) is 12.0. The molecule has 240 valence electrons. The molecule has 0 atom stereocenters. The number of thiophene rings is 1. The summed E-state index contributed by atoms with van der Waals surface area (Å²) in [7, 11) is 0. The van der Waals surface area contributed by atoms with Crippen molar-refractivity contribution < 1.29 is 4.92 Å². The van der Waals surface area contributed by atoms with Gasteiger partial charge in [0.25, 0.3) is 5.69 Å². The molecule has 51 heavy (non-hydrogen) atoms. The van der Waals surface area contributed by atoms with Crippen molar-refractivity contribution in [3.8, 4) is 38.8 Å². The van der Waals surface area contributed by atoms with Crippen LogP contribution in [-0.4, -0.2) is 19.5 Å². The number of nitrogens with zero attached hydrogens (tertiary/aromatic N) is 4. The van der Waals surface area contributed by atoms with E-state index in [2.05, 4.69) is 95.6 Å². The summed E-state index contributed by atoms with van der Waals surface area (Å²) in [5, 5.41) is 18.5. The molecule has 0 bridgehead atoms. The Hall–Kier alpha value is -6.70. The Morgan fingerprint density at radius 1 is 0.549 bits per heavy atom. The first-order chi connectivity index (χ1) is 25.1. The summed E-state index contributed by atoms with van der Waals surface area (Å²) in [6.45, 7) is 0. The molecule has 0 saturated heterocycles. The summed E-state index contributed by atoms with van der Waals surface area (Å²) in [6.07, 6.45) is 0. The van der Waals surface area contributed by atoms with Gasteiger partial charge in [-0.1, -0.05) is 127 Å². The normalized spacial score (nSPS) is 11.7. The third kappa shape index (κ3) is 4.63. The number of hydrogen-bond donors (Lipinski definition) is 0. The molecule has 0 aliphatic heterocycles. The van der Waals surface area contributed by atoms with E-state index in [-0.39, 0.29) is 10.6 Å². The van der Waals surface area contributed by atoms with Crippen LogP contribution in [0.25, 0.3) is 92.3 Å². The zero-order valence-corrected chi connectivity index (χ0v) is 27.8. The number of benzene rings is 7. The van der Waals surface area contributed by atoms with Crippen molar-refractivity contribution in [3.63, 3.8) is 0 Å². The van der Waals surface area contributed by atoms with Crippen LogP contribution in [0, 0.1) is 10.1 Å². The second-order valence-corrected chi connectivity index (χ2v) is 13.7. The molecule has 0 radical (unpaired) electrons. The Kier molecular flexibility index (Phi) is 6.56. The molecule has 0 saturated carbocycles. The van der Waals surface area contributed by atoms with Gasteiger partial charge in [0.15, 0.2) is 0 Å². The smallest absolute Gasteiger partial charge is 0.278 e. The van der Waals surface area contributed by atoms with Crippen molar-refractivity contribution in [2.75, 3.05) is 0 Å². The van der Waals surface area contributed by atoms with Gasteiger partial charge in [0.1, 0.15) is 4.88 Å². The van der Waals surface area contributed by atoms with Gasteiger partial charge in [0.05, 0.1) is 32.6 Å². The third-order valence-electron chi connectivity index (χ3n) is 9.74. The second kappa shape index (κ2) is 11.4. The summed E-state index contributed by atoms with van der Waals surface area (Å²) >= 11 is 1.44. The number of rotatable bonds is 5. The minimum atomic E-state index is -0.266. The van der Waals surface area contributed by atoms with Gasteiger partial charge in [-0.15, -0.1) is 11.3 Å². The molecule has 0 amide bonds. The van der Waals surface area contributed by atoms with Crippen LogP contribution >= 0.6 is 11.3 Å². The molecule has 3 heterocycles. The zero-order valence-electron chi connectivity index (χ0n) is 27.0. The quantitative estimate of drug-likeness (QED) is 0.134. The van der Waals surface area contributed by atoms with Crippen LogP contribution in [0.4, 0.5) is 5.69 Å². The van der Waals surface area contributed by atoms with Crippen molar-refractivity contribution in [1.29, 1.82) is 0 Å². The Morgan fingerprint density at radius 3 is 2.04 bits per heavy atom. The lowest BCUT2D eigenvalue weighted by Gasteiger charge is -2.13. The van der Waals surface area contributed by atoms with E-state index in [1.54, 1.807) is 0 Å². The van der Waals surface area contributed by atoms with E-state index in [9.17, 15) is 10.1 Å². The van der Waals surface area contributed by atoms with Crippen LogP contribution in [0.3, 0.4) is 0 Å². The predicted molar refractivity (Wildman–Crippen MR) is 210 cm³/mol. The fourth-order valence-corrected chi connectivity index (χ4v) is 8.57. The molecule has 6 nitrogen and oxygen atoms in total. The van der Waals surface area contributed by atoms with Gasteiger partial charge in [-0.3, -0.25) is 14.7 Å².